The molecule has 0 saturated heterocycles. The first-order valence-electron chi connectivity index (χ1n) is 3.57. The number of para-hydroxylation sites is 1. The summed E-state index contributed by atoms with van der Waals surface area (Å²) in [5, 5.41) is 0. The van der Waals surface area contributed by atoms with Gasteiger partial charge in [0.25, 0.3) is 0 Å². The summed E-state index contributed by atoms with van der Waals surface area (Å²) in [5.41, 5.74) is 0.921. The number of hydrogen-bond acceptors (Lipinski definition) is 2. The van der Waals surface area contributed by atoms with Gasteiger partial charge >= 0.3 is 0 Å². The molecule has 0 aliphatic heterocycles. The molecular weight excluding hydrogens is 168 g/mol. The van der Waals surface area contributed by atoms with Crippen LogP contribution < -0.4 is 4.74 Å². The van der Waals surface area contributed by atoms with Gasteiger partial charge in [-0.25, -0.2) is 0 Å². The average Bonchev–Trinajstić information content (AvgIpc) is 2.16. The van der Waals surface area contributed by atoms with E-state index in [0.717, 1.165) is 16.2 Å². The normalized spacial score (nSPS) is 9.50. The van der Waals surface area contributed by atoms with Crippen molar-refractivity contribution in [2.75, 3.05) is 13.4 Å². The van der Waals surface area contributed by atoms with Crippen LogP contribution in [0.5, 0.6) is 5.75 Å². The standard InChI is InChI=1S/C10H11OS/c1-4-8-6-5-7-9(12-3)10(8)11-2/h5-7H,1H2,2-3H3. The van der Waals surface area contributed by atoms with E-state index in [4.69, 9.17) is 4.74 Å². The minimum Gasteiger partial charge on any atom is -0.495 e. The Morgan fingerprint density at radius 1 is 1.50 bits per heavy atom. The van der Waals surface area contributed by atoms with E-state index in [9.17, 15) is 0 Å². The molecule has 63 valence electrons. The Morgan fingerprint density at radius 2 is 2.25 bits per heavy atom. The van der Waals surface area contributed by atoms with E-state index in [-0.39, 0.29) is 0 Å². The van der Waals surface area contributed by atoms with E-state index in [1.165, 1.54) is 0 Å². The maximum absolute atomic E-state index is 5.23. The minimum absolute atomic E-state index is 0.861. The van der Waals surface area contributed by atoms with Gasteiger partial charge in [0.05, 0.1) is 7.11 Å². The number of thioether (sulfide) groups is 1. The van der Waals surface area contributed by atoms with Gasteiger partial charge in [0, 0.05) is 10.5 Å². The number of benzene rings is 1. The maximum atomic E-state index is 5.23. The molecule has 1 rings (SSSR count). The van der Waals surface area contributed by atoms with Crippen LogP contribution in [-0.4, -0.2) is 13.4 Å². The highest BCUT2D eigenvalue weighted by Gasteiger charge is 2.04. The predicted molar refractivity (Wildman–Crippen MR) is 52.7 cm³/mol. The van der Waals surface area contributed by atoms with Crippen molar-refractivity contribution in [3.63, 3.8) is 0 Å². The van der Waals surface area contributed by atoms with Crippen molar-refractivity contribution in [1.29, 1.82) is 0 Å². The van der Waals surface area contributed by atoms with Gasteiger partial charge in [-0.05, 0) is 18.4 Å². The quantitative estimate of drug-likeness (QED) is 0.660. The molecule has 0 fully saturated rings. The van der Waals surface area contributed by atoms with Gasteiger partial charge in [-0.2, -0.15) is 0 Å². The lowest BCUT2D eigenvalue weighted by Gasteiger charge is -2.08. The van der Waals surface area contributed by atoms with Crippen molar-refractivity contribution in [1.82, 2.24) is 0 Å². The molecule has 0 aliphatic carbocycles. The predicted octanol–water partition coefficient (Wildman–Crippen LogP) is 2.75. The largest absolute Gasteiger partial charge is 0.495 e. The van der Waals surface area contributed by atoms with E-state index in [2.05, 4.69) is 12.7 Å². The summed E-state index contributed by atoms with van der Waals surface area (Å²) >= 11 is 1.66. The average molecular weight is 179 g/mol. The van der Waals surface area contributed by atoms with E-state index in [1.807, 2.05) is 24.5 Å². The zero-order valence-corrected chi connectivity index (χ0v) is 8.07. The van der Waals surface area contributed by atoms with Crippen LogP contribution in [0.15, 0.2) is 29.7 Å². The second-order valence-corrected chi connectivity index (χ2v) is 3.07. The Labute approximate surface area is 77.4 Å². The molecule has 0 heterocycles. The third-order valence-corrected chi connectivity index (χ3v) is 2.35. The van der Waals surface area contributed by atoms with Gasteiger partial charge < -0.3 is 4.74 Å². The summed E-state index contributed by atoms with van der Waals surface area (Å²) < 4.78 is 5.23. The zero-order chi connectivity index (χ0) is 8.97. The fourth-order valence-electron chi connectivity index (χ4n) is 1.03. The fourth-order valence-corrected chi connectivity index (χ4v) is 1.62. The molecule has 12 heavy (non-hydrogen) atoms. The lowest BCUT2D eigenvalue weighted by Crippen LogP contribution is -1.89. The molecule has 0 aliphatic rings. The monoisotopic (exact) mass is 179 g/mol. The van der Waals surface area contributed by atoms with Crippen LogP contribution in [0.2, 0.25) is 0 Å². The first-order valence-corrected chi connectivity index (χ1v) is 4.80. The van der Waals surface area contributed by atoms with Crippen molar-refractivity contribution in [2.45, 2.75) is 4.90 Å². The second-order valence-electron chi connectivity index (χ2n) is 2.22. The molecule has 1 aromatic carbocycles. The Bertz CT molecular complexity index is 281. The van der Waals surface area contributed by atoms with Crippen LogP contribution in [-0.2, 0) is 0 Å². The highest BCUT2D eigenvalue weighted by atomic mass is 32.2. The highest BCUT2D eigenvalue weighted by Crippen LogP contribution is 2.30. The molecule has 1 aromatic rings. The Hall–Kier alpha value is -0.890. The van der Waals surface area contributed by atoms with Gasteiger partial charge in [0.2, 0.25) is 0 Å². The topological polar surface area (TPSA) is 9.23 Å². The van der Waals surface area contributed by atoms with E-state index >= 15 is 0 Å². The molecule has 0 bridgehead atoms. The van der Waals surface area contributed by atoms with Crippen LogP contribution in [0, 0.1) is 6.08 Å². The summed E-state index contributed by atoms with van der Waals surface area (Å²) in [4.78, 5) is 1.12. The molecular formula is C10H11OS. The molecule has 0 amide bonds. The Kier molecular flexibility index (Phi) is 3.23. The summed E-state index contributed by atoms with van der Waals surface area (Å²) in [7, 11) is 1.66. The SMILES string of the molecule is C=[C]c1cccc(SC)c1OC. The van der Waals surface area contributed by atoms with Crippen LogP contribution in [0.3, 0.4) is 0 Å². The molecule has 0 spiro atoms. The summed E-state index contributed by atoms with van der Waals surface area (Å²) in [6.07, 6.45) is 4.85. The number of ether oxygens (including phenoxy) is 1. The molecule has 1 nitrogen and oxygen atoms in total. The first-order chi connectivity index (χ1) is 5.83. The van der Waals surface area contributed by atoms with Gasteiger partial charge in [-0.3, -0.25) is 0 Å². The van der Waals surface area contributed by atoms with Crippen LogP contribution in [0.25, 0.3) is 0 Å². The number of rotatable bonds is 3. The van der Waals surface area contributed by atoms with Crippen molar-refractivity contribution in [3.8, 4) is 5.75 Å². The van der Waals surface area contributed by atoms with Crippen LogP contribution >= 0.6 is 11.8 Å². The number of hydrogen-bond donors (Lipinski definition) is 0. The van der Waals surface area contributed by atoms with Crippen molar-refractivity contribution >= 4 is 11.8 Å². The third kappa shape index (κ3) is 1.64. The van der Waals surface area contributed by atoms with Gasteiger partial charge in [0.15, 0.2) is 0 Å². The van der Waals surface area contributed by atoms with Crippen LogP contribution in [0.1, 0.15) is 5.56 Å². The maximum Gasteiger partial charge on any atom is 0.140 e. The fraction of sp³-hybridized carbons (Fsp3) is 0.200. The lowest BCUT2D eigenvalue weighted by atomic mass is 10.2. The summed E-state index contributed by atoms with van der Waals surface area (Å²) in [6.45, 7) is 3.60. The molecule has 0 aromatic heterocycles. The second kappa shape index (κ2) is 4.21. The zero-order valence-electron chi connectivity index (χ0n) is 7.26. The third-order valence-electron chi connectivity index (χ3n) is 1.59. The molecule has 0 N–H and O–H groups in total. The lowest BCUT2D eigenvalue weighted by molar-refractivity contribution is 0.403. The van der Waals surface area contributed by atoms with Gasteiger partial charge in [0.1, 0.15) is 5.75 Å². The Morgan fingerprint density at radius 3 is 2.75 bits per heavy atom. The van der Waals surface area contributed by atoms with Crippen molar-refractivity contribution in [2.24, 2.45) is 0 Å². The van der Waals surface area contributed by atoms with Gasteiger partial charge in [-0.15, -0.1) is 11.8 Å². The summed E-state index contributed by atoms with van der Waals surface area (Å²) in [6, 6.07) is 5.93. The van der Waals surface area contributed by atoms with Crippen molar-refractivity contribution < 1.29 is 4.74 Å². The molecule has 0 unspecified atom stereocenters. The summed E-state index contributed by atoms with van der Waals surface area (Å²) in [5.74, 6) is 0.861. The van der Waals surface area contributed by atoms with E-state index < -0.39 is 0 Å². The molecule has 0 saturated carbocycles. The smallest absolute Gasteiger partial charge is 0.140 e. The highest BCUT2D eigenvalue weighted by molar-refractivity contribution is 7.98. The molecule has 1 radical (unpaired) electrons. The Balaban J connectivity index is 3.21. The molecule has 2 heteroatoms. The minimum atomic E-state index is 0.861. The van der Waals surface area contributed by atoms with E-state index in [1.54, 1.807) is 18.9 Å². The van der Waals surface area contributed by atoms with E-state index in [0.29, 0.717) is 0 Å². The van der Waals surface area contributed by atoms with Gasteiger partial charge in [-0.1, -0.05) is 18.7 Å². The first kappa shape index (κ1) is 9.20. The van der Waals surface area contributed by atoms with Crippen molar-refractivity contribution in [3.05, 3.63) is 36.4 Å². The molecule has 0 atom stereocenters. The van der Waals surface area contributed by atoms with Crippen LogP contribution in [0.4, 0.5) is 0 Å². The number of methoxy groups -OCH3 is 1.